The van der Waals surface area contributed by atoms with Gasteiger partial charge >= 0.3 is 0 Å². The quantitative estimate of drug-likeness (QED) is 0.183. The monoisotopic (exact) mass is 579 g/mol. The molecular weight excluding hydrogens is 555 g/mol. The second kappa shape index (κ2) is 11.1. The Kier molecular flexibility index (Phi) is 7.29. The molecule has 1 fully saturated rings. The van der Waals surface area contributed by atoms with Crippen LogP contribution in [0, 0.1) is 23.0 Å². The molecular formula is C31H25BClF2N7. The molecule has 1 unspecified atom stereocenters. The lowest BCUT2D eigenvalue weighted by Gasteiger charge is -2.32. The molecule has 5 aromatic rings. The molecule has 7 nitrogen and oxygen atoms in total. The Morgan fingerprint density at radius 2 is 1.93 bits per heavy atom. The number of fused-ring (bicyclic) bond motifs is 1. The maximum atomic E-state index is 14.1. The maximum absolute atomic E-state index is 14.1. The summed E-state index contributed by atoms with van der Waals surface area (Å²) >= 11 is 6.75. The van der Waals surface area contributed by atoms with Crippen molar-refractivity contribution in [3.8, 4) is 6.07 Å². The summed E-state index contributed by atoms with van der Waals surface area (Å²) in [5, 5.41) is 26.3. The molecule has 11 heteroatoms. The van der Waals surface area contributed by atoms with Gasteiger partial charge in [0.1, 0.15) is 31.2 Å². The highest BCUT2D eigenvalue weighted by Gasteiger charge is 2.34. The summed E-state index contributed by atoms with van der Waals surface area (Å²) in [6.45, 7) is 1.97. The number of rotatable bonds is 9. The van der Waals surface area contributed by atoms with Gasteiger partial charge in [-0.1, -0.05) is 48.0 Å². The van der Waals surface area contributed by atoms with Crippen molar-refractivity contribution in [1.29, 1.82) is 5.26 Å². The summed E-state index contributed by atoms with van der Waals surface area (Å²) in [4.78, 5) is 4.44. The van der Waals surface area contributed by atoms with E-state index in [0.717, 1.165) is 18.4 Å². The first-order chi connectivity index (χ1) is 20.3. The van der Waals surface area contributed by atoms with E-state index in [4.69, 9.17) is 19.4 Å². The van der Waals surface area contributed by atoms with Crippen molar-refractivity contribution in [2.75, 3.05) is 10.6 Å². The fourth-order valence-corrected chi connectivity index (χ4v) is 5.36. The number of benzene rings is 3. The van der Waals surface area contributed by atoms with Crippen LogP contribution in [0.5, 0.6) is 0 Å². The highest BCUT2D eigenvalue weighted by atomic mass is 35.5. The van der Waals surface area contributed by atoms with Crippen LogP contribution < -0.4 is 10.6 Å². The zero-order valence-corrected chi connectivity index (χ0v) is 23.4. The first-order valence-electron chi connectivity index (χ1n) is 13.6. The van der Waals surface area contributed by atoms with E-state index in [0.29, 0.717) is 50.5 Å². The lowest BCUT2D eigenvalue weighted by molar-refractivity contribution is 0.610. The van der Waals surface area contributed by atoms with Gasteiger partial charge in [0.15, 0.2) is 0 Å². The predicted molar refractivity (Wildman–Crippen MR) is 159 cm³/mol. The third-order valence-corrected chi connectivity index (χ3v) is 7.79. The van der Waals surface area contributed by atoms with Crippen molar-refractivity contribution in [2.24, 2.45) is 0 Å². The van der Waals surface area contributed by atoms with E-state index in [-0.39, 0.29) is 17.9 Å². The molecule has 1 aliphatic carbocycles. The van der Waals surface area contributed by atoms with E-state index >= 15 is 0 Å². The van der Waals surface area contributed by atoms with Gasteiger partial charge in [-0.2, -0.15) is 5.26 Å². The molecule has 1 saturated carbocycles. The van der Waals surface area contributed by atoms with E-state index < -0.39 is 11.3 Å². The Balaban J connectivity index is 1.46. The van der Waals surface area contributed by atoms with Crippen molar-refractivity contribution < 1.29 is 8.78 Å². The van der Waals surface area contributed by atoms with E-state index in [1.54, 1.807) is 41.2 Å². The molecule has 0 amide bonds. The largest absolute Gasteiger partial charge is 0.378 e. The van der Waals surface area contributed by atoms with E-state index in [1.165, 1.54) is 30.5 Å². The highest BCUT2D eigenvalue weighted by molar-refractivity contribution is 6.36. The van der Waals surface area contributed by atoms with Crippen LogP contribution in [-0.2, 0) is 5.44 Å². The molecule has 2 N–H and O–H groups in total. The SMILES string of the molecule is [B]C(Nc1cc(Cl)c2ncc(C#N)c(N[C@H](CC)c3cccc(F)c3)c2c1)(c1ccc(F)cc1)c1cn(C2CC2)nn1. The Morgan fingerprint density at radius 1 is 1.14 bits per heavy atom. The van der Waals surface area contributed by atoms with Crippen LogP contribution in [0.1, 0.15) is 60.7 Å². The molecule has 6 rings (SSSR count). The number of nitriles is 1. The normalized spacial score (nSPS) is 15.1. The minimum Gasteiger partial charge on any atom is -0.378 e. The van der Waals surface area contributed by atoms with Gasteiger partial charge < -0.3 is 10.6 Å². The number of nitrogens with zero attached hydrogens (tertiary/aromatic N) is 5. The van der Waals surface area contributed by atoms with Gasteiger partial charge in [0, 0.05) is 17.3 Å². The van der Waals surface area contributed by atoms with Crippen molar-refractivity contribution in [1.82, 2.24) is 20.0 Å². The zero-order valence-electron chi connectivity index (χ0n) is 22.7. The Bertz CT molecular complexity index is 1820. The van der Waals surface area contributed by atoms with E-state index in [9.17, 15) is 14.0 Å². The predicted octanol–water partition coefficient (Wildman–Crippen LogP) is 7.01. The molecule has 1 aliphatic rings. The average molecular weight is 580 g/mol. The van der Waals surface area contributed by atoms with Crippen molar-refractivity contribution in [3.63, 3.8) is 0 Å². The van der Waals surface area contributed by atoms with Crippen LogP contribution in [0.4, 0.5) is 20.2 Å². The molecule has 42 heavy (non-hydrogen) atoms. The first kappa shape index (κ1) is 27.7. The summed E-state index contributed by atoms with van der Waals surface area (Å²) in [5.41, 5.74) is 2.13. The number of anilines is 2. The lowest BCUT2D eigenvalue weighted by Crippen LogP contribution is -2.37. The van der Waals surface area contributed by atoms with Crippen LogP contribution in [0.15, 0.2) is 73.1 Å². The van der Waals surface area contributed by atoms with Crippen molar-refractivity contribution >= 4 is 41.7 Å². The number of aromatic nitrogens is 4. The van der Waals surface area contributed by atoms with Crippen LogP contribution in [0.25, 0.3) is 10.9 Å². The van der Waals surface area contributed by atoms with E-state index in [1.807, 2.05) is 13.0 Å². The molecule has 0 aliphatic heterocycles. The van der Waals surface area contributed by atoms with Crippen LogP contribution in [0.2, 0.25) is 5.02 Å². The average Bonchev–Trinajstić information content (AvgIpc) is 3.71. The molecule has 0 spiro atoms. The molecule has 0 bridgehead atoms. The van der Waals surface area contributed by atoms with Crippen LogP contribution in [-0.4, -0.2) is 27.8 Å². The summed E-state index contributed by atoms with van der Waals surface area (Å²) in [6.07, 6.45) is 5.91. The minimum absolute atomic E-state index is 0.285. The number of halogens is 3. The zero-order chi connectivity index (χ0) is 29.4. The smallest absolute Gasteiger partial charge is 0.123 e. The number of hydrogen-bond acceptors (Lipinski definition) is 6. The molecule has 2 heterocycles. The third-order valence-electron chi connectivity index (χ3n) is 7.50. The minimum atomic E-state index is -1.40. The van der Waals surface area contributed by atoms with Gasteiger partial charge in [0.2, 0.25) is 0 Å². The fraction of sp³-hybridized carbons (Fsp3) is 0.226. The van der Waals surface area contributed by atoms with Gasteiger partial charge in [-0.05, 0) is 66.8 Å². The topological polar surface area (TPSA) is 91.5 Å². The molecule has 2 radical (unpaired) electrons. The number of pyridine rings is 1. The number of nitrogens with one attached hydrogen (secondary N) is 2. The van der Waals surface area contributed by atoms with Gasteiger partial charge in [-0.3, -0.25) is 4.98 Å². The van der Waals surface area contributed by atoms with E-state index in [2.05, 4.69) is 32.0 Å². The molecule has 0 saturated heterocycles. The molecule has 2 atom stereocenters. The summed E-state index contributed by atoms with van der Waals surface area (Å²) in [6, 6.07) is 17.9. The van der Waals surface area contributed by atoms with Crippen LogP contribution >= 0.6 is 11.6 Å². The summed E-state index contributed by atoms with van der Waals surface area (Å²) in [7, 11) is 7.03. The second-order valence-corrected chi connectivity index (χ2v) is 10.8. The lowest BCUT2D eigenvalue weighted by atomic mass is 9.69. The summed E-state index contributed by atoms with van der Waals surface area (Å²) < 4.78 is 29.7. The third kappa shape index (κ3) is 5.28. The highest BCUT2D eigenvalue weighted by Crippen LogP contribution is 2.39. The van der Waals surface area contributed by atoms with Gasteiger partial charge in [0.25, 0.3) is 0 Å². The molecule has 3 aromatic carbocycles. The molecule has 208 valence electrons. The standard InChI is InChI=1S/C31H25BClF2N7/c1-2-27(18-4-3-5-22(35)12-18)38-29-19(15-36)16-37-30-25(29)13-23(14-26(30)33)39-31(32,20-6-8-21(34)9-7-20)28-17-42(41-40-28)24-10-11-24/h3-9,12-14,16-17,24,27,39H,2,10-11H2,1H3,(H,37,38)/t27-,31?/m1/s1. The molecule has 2 aromatic heterocycles. The fourth-order valence-electron chi connectivity index (χ4n) is 5.09. The maximum Gasteiger partial charge on any atom is 0.123 e. The van der Waals surface area contributed by atoms with Gasteiger partial charge in [-0.15, -0.1) is 5.10 Å². The Labute approximate surface area is 247 Å². The van der Waals surface area contributed by atoms with Crippen LogP contribution in [0.3, 0.4) is 0 Å². The van der Waals surface area contributed by atoms with Gasteiger partial charge in [-0.25, -0.2) is 13.5 Å². The first-order valence-corrected chi connectivity index (χ1v) is 14.0. The summed E-state index contributed by atoms with van der Waals surface area (Å²) in [5.74, 6) is -0.743. The van der Waals surface area contributed by atoms with Gasteiger partial charge in [0.05, 0.1) is 45.5 Å². The Hall–Kier alpha value is -4.49. The van der Waals surface area contributed by atoms with Crippen molar-refractivity contribution in [3.05, 3.63) is 112 Å². The van der Waals surface area contributed by atoms with Crippen molar-refractivity contribution in [2.45, 2.75) is 43.7 Å². The number of hydrogen-bond donors (Lipinski definition) is 2. The second-order valence-electron chi connectivity index (χ2n) is 10.4. The Morgan fingerprint density at radius 3 is 2.62 bits per heavy atom.